The van der Waals surface area contributed by atoms with E-state index in [4.69, 9.17) is 0 Å². The highest BCUT2D eigenvalue weighted by atomic mass is 32.1. The van der Waals surface area contributed by atoms with Crippen LogP contribution < -0.4 is 0 Å². The fourth-order valence-electron chi connectivity index (χ4n) is 1.90. The van der Waals surface area contributed by atoms with Gasteiger partial charge in [-0.25, -0.2) is 4.98 Å². The van der Waals surface area contributed by atoms with Crippen molar-refractivity contribution in [2.75, 3.05) is 0 Å². The highest BCUT2D eigenvalue weighted by Gasteiger charge is 2.14. The second kappa shape index (κ2) is 3.92. The summed E-state index contributed by atoms with van der Waals surface area (Å²) in [6.45, 7) is 1.74. The lowest BCUT2D eigenvalue weighted by Crippen LogP contribution is -1.93. The summed E-state index contributed by atoms with van der Waals surface area (Å²) in [5, 5.41) is 12.9. The summed E-state index contributed by atoms with van der Waals surface area (Å²) < 4.78 is 1.93. The van der Waals surface area contributed by atoms with Crippen LogP contribution in [0.3, 0.4) is 0 Å². The average molecular weight is 259 g/mol. The Bertz CT molecular complexity index is 745. The van der Waals surface area contributed by atoms with Crippen molar-refractivity contribution in [3.63, 3.8) is 0 Å². The van der Waals surface area contributed by atoms with E-state index in [0.29, 0.717) is 5.56 Å². The Morgan fingerprint density at radius 1 is 1.44 bits per heavy atom. The van der Waals surface area contributed by atoms with Gasteiger partial charge in [-0.2, -0.15) is 0 Å². The first-order valence-electron chi connectivity index (χ1n) is 5.33. The number of rotatable bonds is 2. The molecule has 0 aliphatic heterocycles. The zero-order chi connectivity index (χ0) is 12.7. The van der Waals surface area contributed by atoms with Crippen molar-refractivity contribution >= 4 is 22.0 Å². The topological polar surface area (TPSA) is 60.4 Å². The molecule has 3 aromatic rings. The summed E-state index contributed by atoms with van der Waals surface area (Å²) in [6.07, 6.45) is 3.57. The lowest BCUT2D eigenvalue weighted by atomic mass is 10.1. The number of aromatic nitrogens is 2. The Morgan fingerprint density at radius 2 is 2.28 bits per heavy atom. The van der Waals surface area contributed by atoms with Crippen LogP contribution in [-0.2, 0) is 0 Å². The third-order valence-electron chi connectivity index (χ3n) is 2.84. The molecule has 5 nitrogen and oxygen atoms in total. The van der Waals surface area contributed by atoms with Gasteiger partial charge in [-0.3, -0.25) is 14.5 Å². The maximum atomic E-state index is 10.9. The van der Waals surface area contributed by atoms with E-state index >= 15 is 0 Å². The predicted octanol–water partition coefficient (Wildman–Crippen LogP) is 3.28. The largest absolute Gasteiger partial charge is 0.290 e. The van der Waals surface area contributed by atoms with E-state index in [1.165, 1.54) is 11.3 Å². The van der Waals surface area contributed by atoms with Gasteiger partial charge < -0.3 is 0 Å². The molecular formula is C12H9N3O2S. The first-order valence-corrected chi connectivity index (χ1v) is 6.21. The molecule has 0 aliphatic carbocycles. The van der Waals surface area contributed by atoms with Crippen molar-refractivity contribution < 1.29 is 4.92 Å². The molecular weight excluding hydrogens is 250 g/mol. The lowest BCUT2D eigenvalue weighted by molar-refractivity contribution is -0.385. The third-order valence-corrected chi connectivity index (χ3v) is 3.70. The summed E-state index contributed by atoms with van der Waals surface area (Å²) in [5.41, 5.74) is 2.57. The Labute approximate surface area is 106 Å². The fourth-order valence-corrected chi connectivity index (χ4v) is 2.76. The molecule has 0 N–H and O–H groups in total. The number of fused-ring (bicyclic) bond motifs is 1. The standard InChI is InChI=1S/C12H9N3O2S/c1-8-2-3-9(6-10(8)15(16)17)11-7-18-12-13-4-5-14(11)12/h2-7H,1H3. The highest BCUT2D eigenvalue weighted by molar-refractivity contribution is 7.15. The van der Waals surface area contributed by atoms with Crippen LogP contribution in [0.1, 0.15) is 5.56 Å². The van der Waals surface area contributed by atoms with E-state index in [9.17, 15) is 10.1 Å². The summed E-state index contributed by atoms with van der Waals surface area (Å²) >= 11 is 1.52. The van der Waals surface area contributed by atoms with Crippen LogP contribution in [-0.4, -0.2) is 14.3 Å². The van der Waals surface area contributed by atoms with Crippen LogP contribution in [0.2, 0.25) is 0 Å². The number of hydrogen-bond acceptors (Lipinski definition) is 4. The fraction of sp³-hybridized carbons (Fsp3) is 0.0833. The van der Waals surface area contributed by atoms with Gasteiger partial charge >= 0.3 is 0 Å². The maximum Gasteiger partial charge on any atom is 0.272 e. The van der Waals surface area contributed by atoms with E-state index in [2.05, 4.69) is 4.98 Å². The molecule has 0 atom stereocenters. The molecule has 0 saturated carbocycles. The molecule has 0 fully saturated rings. The van der Waals surface area contributed by atoms with Gasteiger partial charge in [-0.05, 0) is 6.92 Å². The molecule has 0 amide bonds. The zero-order valence-electron chi connectivity index (χ0n) is 9.53. The minimum Gasteiger partial charge on any atom is -0.290 e. The molecule has 18 heavy (non-hydrogen) atoms. The van der Waals surface area contributed by atoms with Gasteiger partial charge in [0.2, 0.25) is 0 Å². The van der Waals surface area contributed by atoms with E-state index in [1.54, 1.807) is 25.3 Å². The Kier molecular flexibility index (Phi) is 2.38. The summed E-state index contributed by atoms with van der Waals surface area (Å²) in [4.78, 5) is 15.7. The van der Waals surface area contributed by atoms with Crippen LogP contribution in [0.15, 0.2) is 36.0 Å². The molecule has 0 unspecified atom stereocenters. The number of aryl methyl sites for hydroxylation is 1. The Balaban J connectivity index is 2.21. The molecule has 1 aromatic carbocycles. The lowest BCUT2D eigenvalue weighted by Gasteiger charge is -2.02. The van der Waals surface area contributed by atoms with Crippen molar-refractivity contribution in [1.82, 2.24) is 9.38 Å². The van der Waals surface area contributed by atoms with Crippen molar-refractivity contribution in [3.8, 4) is 11.3 Å². The number of nitro groups is 1. The van der Waals surface area contributed by atoms with Crippen LogP contribution in [0.5, 0.6) is 0 Å². The van der Waals surface area contributed by atoms with Crippen molar-refractivity contribution in [3.05, 3.63) is 51.7 Å². The molecule has 0 radical (unpaired) electrons. The quantitative estimate of drug-likeness (QED) is 0.524. The monoisotopic (exact) mass is 259 g/mol. The van der Waals surface area contributed by atoms with Crippen LogP contribution in [0.25, 0.3) is 16.2 Å². The maximum absolute atomic E-state index is 10.9. The number of benzene rings is 1. The summed E-state index contributed by atoms with van der Waals surface area (Å²) in [5.74, 6) is 0. The Hall–Kier alpha value is -2.21. The van der Waals surface area contributed by atoms with Gasteiger partial charge in [0.05, 0.1) is 10.6 Å². The van der Waals surface area contributed by atoms with E-state index in [1.807, 2.05) is 22.0 Å². The Morgan fingerprint density at radius 3 is 3.06 bits per heavy atom. The van der Waals surface area contributed by atoms with Crippen LogP contribution >= 0.6 is 11.3 Å². The minimum atomic E-state index is -0.351. The molecule has 2 aromatic heterocycles. The predicted molar refractivity (Wildman–Crippen MR) is 69.9 cm³/mol. The number of nitro benzene ring substituents is 1. The highest BCUT2D eigenvalue weighted by Crippen LogP contribution is 2.29. The number of hydrogen-bond donors (Lipinski definition) is 0. The van der Waals surface area contributed by atoms with Gasteiger partial charge in [0, 0.05) is 35.0 Å². The van der Waals surface area contributed by atoms with Gasteiger partial charge in [0.1, 0.15) is 0 Å². The SMILES string of the molecule is Cc1ccc(-c2csc3nccn23)cc1[N+](=O)[O-]. The van der Waals surface area contributed by atoms with Crippen molar-refractivity contribution in [1.29, 1.82) is 0 Å². The zero-order valence-corrected chi connectivity index (χ0v) is 10.3. The van der Waals surface area contributed by atoms with Gasteiger partial charge in [-0.15, -0.1) is 11.3 Å². The van der Waals surface area contributed by atoms with Gasteiger partial charge in [-0.1, -0.05) is 12.1 Å². The average Bonchev–Trinajstić information content (AvgIpc) is 2.91. The second-order valence-corrected chi connectivity index (χ2v) is 4.80. The first-order chi connectivity index (χ1) is 8.66. The molecule has 0 spiro atoms. The smallest absolute Gasteiger partial charge is 0.272 e. The third kappa shape index (κ3) is 1.58. The molecule has 90 valence electrons. The molecule has 2 heterocycles. The minimum absolute atomic E-state index is 0.145. The normalized spacial score (nSPS) is 10.9. The van der Waals surface area contributed by atoms with Gasteiger partial charge in [0.15, 0.2) is 4.96 Å². The summed E-state index contributed by atoms with van der Waals surface area (Å²) in [7, 11) is 0. The van der Waals surface area contributed by atoms with Gasteiger partial charge in [0.25, 0.3) is 5.69 Å². The molecule has 0 bridgehead atoms. The number of thiazole rings is 1. The van der Waals surface area contributed by atoms with E-state index in [0.717, 1.165) is 16.2 Å². The molecule has 0 aliphatic rings. The second-order valence-electron chi connectivity index (χ2n) is 3.96. The molecule has 0 saturated heterocycles. The molecule has 6 heteroatoms. The van der Waals surface area contributed by atoms with E-state index < -0.39 is 0 Å². The number of nitrogens with zero attached hydrogens (tertiary/aromatic N) is 3. The van der Waals surface area contributed by atoms with Crippen molar-refractivity contribution in [2.24, 2.45) is 0 Å². The summed E-state index contributed by atoms with van der Waals surface area (Å²) in [6, 6.07) is 5.27. The van der Waals surface area contributed by atoms with Crippen LogP contribution in [0.4, 0.5) is 5.69 Å². The van der Waals surface area contributed by atoms with Crippen molar-refractivity contribution in [2.45, 2.75) is 6.92 Å². The van der Waals surface area contributed by atoms with E-state index in [-0.39, 0.29) is 10.6 Å². The number of imidazole rings is 1. The molecule has 3 rings (SSSR count). The van der Waals surface area contributed by atoms with Crippen LogP contribution in [0, 0.1) is 17.0 Å². The first kappa shape index (κ1) is 10.9.